The van der Waals surface area contributed by atoms with Gasteiger partial charge in [-0.05, 0) is 49.4 Å². The molecule has 0 spiro atoms. The summed E-state index contributed by atoms with van der Waals surface area (Å²) in [5, 5.41) is 4.40. The van der Waals surface area contributed by atoms with Gasteiger partial charge in [-0.25, -0.2) is 0 Å². The van der Waals surface area contributed by atoms with E-state index in [4.69, 9.17) is 11.6 Å². The van der Waals surface area contributed by atoms with Crippen molar-refractivity contribution in [2.45, 2.75) is 53.1 Å². The molecular weight excluding hydrogens is 230 g/mol. The van der Waals surface area contributed by atoms with Gasteiger partial charge in [-0.2, -0.15) is 0 Å². The van der Waals surface area contributed by atoms with E-state index in [1.54, 1.807) is 0 Å². The second kappa shape index (κ2) is 7.03. The molecule has 1 nitrogen and oxygen atoms in total. The van der Waals surface area contributed by atoms with Gasteiger partial charge in [0, 0.05) is 17.6 Å². The minimum atomic E-state index is 0.569. The van der Waals surface area contributed by atoms with E-state index < -0.39 is 0 Å². The average molecular weight is 254 g/mol. The van der Waals surface area contributed by atoms with E-state index in [1.165, 1.54) is 24.0 Å². The molecule has 0 heterocycles. The molecule has 96 valence electrons. The third kappa shape index (κ3) is 5.10. The Morgan fingerprint density at radius 3 is 2.59 bits per heavy atom. The summed E-state index contributed by atoms with van der Waals surface area (Å²) in [6.45, 7) is 9.87. The van der Waals surface area contributed by atoms with Gasteiger partial charge in [0.2, 0.25) is 0 Å². The summed E-state index contributed by atoms with van der Waals surface area (Å²) in [5.41, 5.74) is 2.60. The van der Waals surface area contributed by atoms with Crippen LogP contribution in [0.25, 0.3) is 0 Å². The van der Waals surface area contributed by atoms with Gasteiger partial charge in [-0.1, -0.05) is 37.9 Å². The third-order valence-corrected chi connectivity index (χ3v) is 3.63. The summed E-state index contributed by atoms with van der Waals surface area (Å²) in [5.74, 6) is 0.795. The number of halogens is 1. The molecule has 1 rings (SSSR count). The van der Waals surface area contributed by atoms with Crippen LogP contribution in [0.3, 0.4) is 0 Å². The van der Waals surface area contributed by atoms with Gasteiger partial charge in [-0.15, -0.1) is 0 Å². The minimum absolute atomic E-state index is 0.569. The first-order chi connectivity index (χ1) is 8.02. The molecule has 1 aromatic carbocycles. The molecule has 2 atom stereocenters. The van der Waals surface area contributed by atoms with Crippen LogP contribution in [-0.4, -0.2) is 6.04 Å². The van der Waals surface area contributed by atoms with Crippen LogP contribution in [0.15, 0.2) is 18.2 Å². The lowest BCUT2D eigenvalue weighted by atomic mass is 10.00. The van der Waals surface area contributed by atoms with Crippen LogP contribution < -0.4 is 5.32 Å². The Bertz CT molecular complexity index is 349. The molecule has 0 aliphatic rings. The highest BCUT2D eigenvalue weighted by Crippen LogP contribution is 2.16. The Balaban J connectivity index is 2.44. The van der Waals surface area contributed by atoms with Crippen molar-refractivity contribution in [1.29, 1.82) is 0 Å². The number of benzene rings is 1. The molecule has 0 amide bonds. The fourth-order valence-corrected chi connectivity index (χ4v) is 2.22. The molecule has 0 aliphatic carbocycles. The first-order valence-corrected chi connectivity index (χ1v) is 6.89. The van der Waals surface area contributed by atoms with Crippen molar-refractivity contribution in [3.05, 3.63) is 34.3 Å². The van der Waals surface area contributed by atoms with Gasteiger partial charge >= 0.3 is 0 Å². The van der Waals surface area contributed by atoms with Crippen molar-refractivity contribution in [3.63, 3.8) is 0 Å². The van der Waals surface area contributed by atoms with Crippen LogP contribution in [0.1, 0.15) is 44.7 Å². The Labute approximate surface area is 111 Å². The van der Waals surface area contributed by atoms with Crippen molar-refractivity contribution in [3.8, 4) is 0 Å². The quantitative estimate of drug-likeness (QED) is 0.784. The number of hydrogen-bond acceptors (Lipinski definition) is 1. The zero-order chi connectivity index (χ0) is 12.8. The number of rotatable bonds is 6. The lowest BCUT2D eigenvalue weighted by Gasteiger charge is -2.18. The van der Waals surface area contributed by atoms with E-state index in [0.29, 0.717) is 6.04 Å². The van der Waals surface area contributed by atoms with E-state index in [-0.39, 0.29) is 0 Å². The summed E-state index contributed by atoms with van der Waals surface area (Å²) in [7, 11) is 0. The van der Waals surface area contributed by atoms with Crippen molar-refractivity contribution >= 4 is 11.6 Å². The topological polar surface area (TPSA) is 12.0 Å². The Hall–Kier alpha value is -0.530. The summed E-state index contributed by atoms with van der Waals surface area (Å²) in [4.78, 5) is 0. The Kier molecular flexibility index (Phi) is 6.01. The fourth-order valence-electron chi connectivity index (χ4n) is 2.00. The monoisotopic (exact) mass is 253 g/mol. The molecule has 0 fully saturated rings. The van der Waals surface area contributed by atoms with Crippen LogP contribution in [0.2, 0.25) is 5.02 Å². The number of hydrogen-bond donors (Lipinski definition) is 1. The molecule has 0 aromatic heterocycles. The maximum absolute atomic E-state index is 5.95. The van der Waals surface area contributed by atoms with Crippen molar-refractivity contribution in [2.75, 3.05) is 0 Å². The normalized spacial score (nSPS) is 14.6. The molecule has 0 bridgehead atoms. The smallest absolute Gasteiger partial charge is 0.0408 e. The highest BCUT2D eigenvalue weighted by molar-refractivity contribution is 6.30. The average Bonchev–Trinajstić information content (AvgIpc) is 2.27. The van der Waals surface area contributed by atoms with Gasteiger partial charge < -0.3 is 5.32 Å². The number of nitrogens with one attached hydrogen (secondary N) is 1. The molecule has 1 aromatic rings. The summed E-state index contributed by atoms with van der Waals surface area (Å²) < 4.78 is 0. The number of aryl methyl sites for hydroxylation is 1. The lowest BCUT2D eigenvalue weighted by molar-refractivity contribution is 0.412. The maximum Gasteiger partial charge on any atom is 0.0408 e. The predicted molar refractivity (Wildman–Crippen MR) is 76.6 cm³/mol. The van der Waals surface area contributed by atoms with E-state index in [0.717, 1.165) is 17.5 Å². The van der Waals surface area contributed by atoms with Crippen LogP contribution in [0.5, 0.6) is 0 Å². The molecule has 2 heteroatoms. The van der Waals surface area contributed by atoms with Gasteiger partial charge in [0.15, 0.2) is 0 Å². The van der Waals surface area contributed by atoms with Crippen LogP contribution in [0.4, 0.5) is 0 Å². The molecule has 0 saturated heterocycles. The van der Waals surface area contributed by atoms with Crippen molar-refractivity contribution < 1.29 is 0 Å². The van der Waals surface area contributed by atoms with Gasteiger partial charge in [0.1, 0.15) is 0 Å². The van der Waals surface area contributed by atoms with Crippen LogP contribution in [-0.2, 0) is 6.54 Å². The van der Waals surface area contributed by atoms with E-state index >= 15 is 0 Å². The van der Waals surface area contributed by atoms with Crippen molar-refractivity contribution in [1.82, 2.24) is 5.32 Å². The van der Waals surface area contributed by atoms with Crippen LogP contribution >= 0.6 is 11.6 Å². The van der Waals surface area contributed by atoms with Gasteiger partial charge in [0.05, 0.1) is 0 Å². The standard InChI is InChI=1S/C15H24ClN/c1-5-11(2)8-13(4)17-10-14-6-7-15(16)9-12(14)3/h6-7,9,11,13,17H,5,8,10H2,1-4H3. The molecule has 0 radical (unpaired) electrons. The van der Waals surface area contributed by atoms with Gasteiger partial charge in [0.25, 0.3) is 0 Å². The third-order valence-electron chi connectivity index (χ3n) is 3.40. The Morgan fingerprint density at radius 1 is 1.29 bits per heavy atom. The second-order valence-electron chi connectivity index (χ2n) is 5.10. The van der Waals surface area contributed by atoms with Crippen molar-refractivity contribution in [2.24, 2.45) is 5.92 Å². The SMILES string of the molecule is CCC(C)CC(C)NCc1ccc(Cl)cc1C. The van der Waals surface area contributed by atoms with E-state index in [9.17, 15) is 0 Å². The molecular formula is C15H24ClN. The first kappa shape index (κ1) is 14.5. The molecule has 0 saturated carbocycles. The summed E-state index contributed by atoms with van der Waals surface area (Å²) in [6, 6.07) is 6.67. The maximum atomic E-state index is 5.95. The van der Waals surface area contributed by atoms with Crippen LogP contribution in [0, 0.1) is 12.8 Å². The predicted octanol–water partition coefficient (Wildman–Crippen LogP) is 4.56. The molecule has 2 unspecified atom stereocenters. The Morgan fingerprint density at radius 2 is 2.00 bits per heavy atom. The first-order valence-electron chi connectivity index (χ1n) is 6.51. The fraction of sp³-hybridized carbons (Fsp3) is 0.600. The van der Waals surface area contributed by atoms with Gasteiger partial charge in [-0.3, -0.25) is 0 Å². The highest BCUT2D eigenvalue weighted by atomic mass is 35.5. The summed E-state index contributed by atoms with van der Waals surface area (Å²) >= 11 is 5.95. The lowest BCUT2D eigenvalue weighted by Crippen LogP contribution is -2.27. The van der Waals surface area contributed by atoms with E-state index in [1.807, 2.05) is 12.1 Å². The summed E-state index contributed by atoms with van der Waals surface area (Å²) in [6.07, 6.45) is 2.50. The molecule has 0 aliphatic heterocycles. The molecule has 17 heavy (non-hydrogen) atoms. The molecule has 1 N–H and O–H groups in total. The zero-order valence-electron chi connectivity index (χ0n) is 11.4. The highest BCUT2D eigenvalue weighted by Gasteiger charge is 2.07. The minimum Gasteiger partial charge on any atom is -0.310 e. The zero-order valence-corrected chi connectivity index (χ0v) is 12.1. The van der Waals surface area contributed by atoms with E-state index in [2.05, 4.69) is 39.1 Å². The largest absolute Gasteiger partial charge is 0.310 e. The second-order valence-corrected chi connectivity index (χ2v) is 5.54.